The highest BCUT2D eigenvalue weighted by Crippen LogP contribution is 2.40. The first-order valence-corrected chi connectivity index (χ1v) is 10.3. The second kappa shape index (κ2) is 8.51. The van der Waals surface area contributed by atoms with E-state index in [1.165, 1.54) is 29.2 Å². The van der Waals surface area contributed by atoms with Crippen LogP contribution in [0.3, 0.4) is 0 Å². The molecule has 2 heterocycles. The lowest BCUT2D eigenvalue weighted by atomic mass is 9.95. The van der Waals surface area contributed by atoms with Crippen LogP contribution in [0.2, 0.25) is 0 Å². The largest absolute Gasteiger partial charge is 0.507 e. The summed E-state index contributed by atoms with van der Waals surface area (Å²) < 4.78 is 19.0. The quantitative estimate of drug-likeness (QED) is 0.452. The lowest BCUT2D eigenvalue weighted by Gasteiger charge is -2.28. The van der Waals surface area contributed by atoms with Gasteiger partial charge in [0.1, 0.15) is 11.6 Å². The Labute approximate surface area is 180 Å². The molecule has 2 aromatic carbocycles. The van der Waals surface area contributed by atoms with E-state index in [2.05, 4.69) is 0 Å². The molecular formula is C24H25FN2O4. The molecule has 0 aliphatic carbocycles. The van der Waals surface area contributed by atoms with Gasteiger partial charge in [-0.3, -0.25) is 9.59 Å². The third-order valence-electron chi connectivity index (χ3n) is 5.81. The minimum absolute atomic E-state index is 0.00667. The molecule has 1 N–H and O–H groups in total. The number of aliphatic hydroxyl groups is 1. The van der Waals surface area contributed by atoms with E-state index in [0.717, 1.165) is 18.5 Å². The summed E-state index contributed by atoms with van der Waals surface area (Å²) in [5, 5.41) is 11.0. The van der Waals surface area contributed by atoms with Crippen molar-refractivity contribution in [1.29, 1.82) is 0 Å². The van der Waals surface area contributed by atoms with Crippen molar-refractivity contribution in [2.24, 2.45) is 0 Å². The van der Waals surface area contributed by atoms with Crippen LogP contribution in [0.25, 0.3) is 5.76 Å². The zero-order chi connectivity index (χ0) is 22.1. The summed E-state index contributed by atoms with van der Waals surface area (Å²) in [7, 11) is 3.85. The standard InChI is InChI=1S/C24H25FN2O4/c1-26(2)18-11-7-15(8-12-18)21-20(22(28)16-5-9-17(25)10-6-16)23(29)24(30)27(21)14-19-4-3-13-31-19/h5-12,19,21,28H,3-4,13-14H2,1-2H3/t19-,21+/m0/s1. The molecule has 0 bridgehead atoms. The van der Waals surface area contributed by atoms with Crippen molar-refractivity contribution in [1.82, 2.24) is 4.90 Å². The average molecular weight is 424 g/mol. The van der Waals surface area contributed by atoms with E-state index in [4.69, 9.17) is 4.74 Å². The number of ketones is 1. The van der Waals surface area contributed by atoms with Gasteiger partial charge in [0.25, 0.3) is 11.7 Å². The van der Waals surface area contributed by atoms with E-state index in [1.54, 1.807) is 0 Å². The molecule has 0 unspecified atom stereocenters. The minimum Gasteiger partial charge on any atom is -0.507 e. The highest BCUT2D eigenvalue weighted by molar-refractivity contribution is 6.46. The number of benzene rings is 2. The van der Waals surface area contributed by atoms with Crippen LogP contribution < -0.4 is 4.90 Å². The first kappa shape index (κ1) is 21.1. The lowest BCUT2D eigenvalue weighted by Crippen LogP contribution is -2.36. The van der Waals surface area contributed by atoms with Crippen molar-refractivity contribution in [3.63, 3.8) is 0 Å². The Morgan fingerprint density at radius 3 is 2.39 bits per heavy atom. The Kier molecular flexibility index (Phi) is 5.78. The van der Waals surface area contributed by atoms with Gasteiger partial charge in [0.15, 0.2) is 0 Å². The van der Waals surface area contributed by atoms with Gasteiger partial charge >= 0.3 is 0 Å². The van der Waals surface area contributed by atoms with Gasteiger partial charge in [0, 0.05) is 38.5 Å². The summed E-state index contributed by atoms with van der Waals surface area (Å²) in [5.41, 5.74) is 1.98. The normalized spacial score (nSPS) is 22.9. The molecule has 2 fully saturated rings. The highest BCUT2D eigenvalue weighted by Gasteiger charge is 2.47. The number of carbonyl (C=O) groups is 2. The van der Waals surface area contributed by atoms with Gasteiger partial charge in [-0.1, -0.05) is 12.1 Å². The van der Waals surface area contributed by atoms with Gasteiger partial charge in [-0.15, -0.1) is 0 Å². The Morgan fingerprint density at radius 1 is 1.13 bits per heavy atom. The number of carbonyl (C=O) groups excluding carboxylic acids is 2. The molecule has 4 rings (SSSR count). The van der Waals surface area contributed by atoms with Crippen molar-refractivity contribution in [2.75, 3.05) is 32.1 Å². The molecule has 1 amide bonds. The number of rotatable bonds is 5. The Balaban J connectivity index is 1.80. The van der Waals surface area contributed by atoms with E-state index in [9.17, 15) is 19.1 Å². The molecule has 0 saturated carbocycles. The number of amides is 1. The van der Waals surface area contributed by atoms with Crippen LogP contribution in [0.4, 0.5) is 10.1 Å². The molecule has 162 valence electrons. The summed E-state index contributed by atoms with van der Waals surface area (Å²) in [6, 6.07) is 12.0. The molecule has 31 heavy (non-hydrogen) atoms. The number of nitrogens with zero attached hydrogens (tertiary/aromatic N) is 2. The van der Waals surface area contributed by atoms with Crippen molar-refractivity contribution < 1.29 is 23.8 Å². The van der Waals surface area contributed by atoms with Crippen molar-refractivity contribution >= 4 is 23.1 Å². The zero-order valence-corrected chi connectivity index (χ0v) is 17.5. The number of anilines is 1. The number of Topliss-reactive ketones (excluding diaryl/α,β-unsaturated/α-hetero) is 1. The number of halogens is 1. The van der Waals surface area contributed by atoms with E-state index in [0.29, 0.717) is 12.2 Å². The van der Waals surface area contributed by atoms with E-state index in [-0.39, 0.29) is 29.5 Å². The molecule has 7 heteroatoms. The summed E-state index contributed by atoms with van der Waals surface area (Å²) in [5.74, 6) is -2.18. The molecular weight excluding hydrogens is 399 g/mol. The molecule has 0 spiro atoms. The molecule has 2 aliphatic heterocycles. The fourth-order valence-corrected chi connectivity index (χ4v) is 4.14. The van der Waals surface area contributed by atoms with Crippen LogP contribution >= 0.6 is 0 Å². The van der Waals surface area contributed by atoms with Crippen LogP contribution in [-0.2, 0) is 14.3 Å². The van der Waals surface area contributed by atoms with Gasteiger partial charge in [0.2, 0.25) is 0 Å². The zero-order valence-electron chi connectivity index (χ0n) is 17.5. The van der Waals surface area contributed by atoms with E-state index >= 15 is 0 Å². The second-order valence-corrected chi connectivity index (χ2v) is 8.08. The number of aliphatic hydroxyl groups excluding tert-OH is 1. The van der Waals surface area contributed by atoms with Crippen LogP contribution in [0.5, 0.6) is 0 Å². The first-order valence-electron chi connectivity index (χ1n) is 10.3. The number of hydrogen-bond acceptors (Lipinski definition) is 5. The maximum Gasteiger partial charge on any atom is 0.295 e. The molecule has 2 atom stereocenters. The highest BCUT2D eigenvalue weighted by atomic mass is 19.1. The van der Waals surface area contributed by atoms with Crippen molar-refractivity contribution in [3.05, 3.63) is 71.0 Å². The van der Waals surface area contributed by atoms with E-state index < -0.39 is 23.5 Å². The summed E-state index contributed by atoms with van der Waals surface area (Å²) >= 11 is 0. The Hall–Kier alpha value is -3.19. The lowest BCUT2D eigenvalue weighted by molar-refractivity contribution is -0.140. The molecule has 2 saturated heterocycles. The first-order chi connectivity index (χ1) is 14.9. The topological polar surface area (TPSA) is 70.1 Å². The molecule has 2 aliphatic rings. The predicted octanol–water partition coefficient (Wildman–Crippen LogP) is 3.49. The molecule has 0 radical (unpaired) electrons. The fraction of sp³-hybridized carbons (Fsp3) is 0.333. The van der Waals surface area contributed by atoms with Gasteiger partial charge < -0.3 is 19.6 Å². The summed E-state index contributed by atoms with van der Waals surface area (Å²) in [4.78, 5) is 29.4. The van der Waals surface area contributed by atoms with Gasteiger partial charge in [0.05, 0.1) is 17.7 Å². The Morgan fingerprint density at radius 2 is 1.81 bits per heavy atom. The Bertz CT molecular complexity index is 1010. The molecule has 0 aromatic heterocycles. The van der Waals surface area contributed by atoms with Gasteiger partial charge in [-0.2, -0.15) is 0 Å². The van der Waals surface area contributed by atoms with Crippen LogP contribution in [-0.4, -0.2) is 55.0 Å². The van der Waals surface area contributed by atoms with Crippen LogP contribution in [0.15, 0.2) is 54.1 Å². The monoisotopic (exact) mass is 424 g/mol. The SMILES string of the molecule is CN(C)c1ccc([C@@H]2C(=C(O)c3ccc(F)cc3)C(=O)C(=O)N2C[C@@H]2CCCO2)cc1. The third kappa shape index (κ3) is 4.05. The molecule has 6 nitrogen and oxygen atoms in total. The van der Waals surface area contributed by atoms with E-state index in [1.807, 2.05) is 43.3 Å². The maximum absolute atomic E-state index is 13.4. The maximum atomic E-state index is 13.4. The second-order valence-electron chi connectivity index (χ2n) is 8.08. The minimum atomic E-state index is -0.749. The smallest absolute Gasteiger partial charge is 0.295 e. The van der Waals surface area contributed by atoms with Crippen molar-refractivity contribution in [2.45, 2.75) is 25.0 Å². The van der Waals surface area contributed by atoms with Gasteiger partial charge in [-0.25, -0.2) is 4.39 Å². The summed E-state index contributed by atoms with van der Waals surface area (Å²) in [6.45, 7) is 0.900. The van der Waals surface area contributed by atoms with Crippen LogP contribution in [0, 0.1) is 5.82 Å². The number of hydrogen-bond donors (Lipinski definition) is 1. The molecule has 2 aromatic rings. The van der Waals surface area contributed by atoms with Gasteiger partial charge in [-0.05, 0) is 54.8 Å². The average Bonchev–Trinajstić information content (AvgIpc) is 3.36. The fourth-order valence-electron chi connectivity index (χ4n) is 4.14. The third-order valence-corrected chi connectivity index (χ3v) is 5.81. The number of ether oxygens (including phenoxy) is 1. The number of likely N-dealkylation sites (tertiary alicyclic amines) is 1. The van der Waals surface area contributed by atoms with Crippen LogP contribution in [0.1, 0.15) is 30.0 Å². The summed E-state index contributed by atoms with van der Waals surface area (Å²) in [6.07, 6.45) is 1.58. The van der Waals surface area contributed by atoms with Crippen molar-refractivity contribution in [3.8, 4) is 0 Å². The predicted molar refractivity (Wildman–Crippen MR) is 115 cm³/mol.